The molecule has 0 aliphatic heterocycles. The molecule has 13 heteroatoms. The van der Waals surface area contributed by atoms with Gasteiger partial charge in [0.05, 0.1) is 14.2 Å². The molecule has 2 aliphatic carbocycles. The van der Waals surface area contributed by atoms with E-state index in [1.165, 1.54) is 14.2 Å². The molecule has 11 atom stereocenters. The van der Waals surface area contributed by atoms with Gasteiger partial charge in [-0.25, -0.2) is 8.78 Å². The van der Waals surface area contributed by atoms with E-state index >= 15 is 0 Å². The minimum atomic E-state index is -3.18. The van der Waals surface area contributed by atoms with Crippen molar-refractivity contribution in [3.05, 3.63) is 0 Å². The van der Waals surface area contributed by atoms with Gasteiger partial charge < -0.3 is 21.1 Å². The fourth-order valence-electron chi connectivity index (χ4n) is 10.2. The number of unbranched alkanes of at least 4 members (excludes halogenated alkanes) is 6. The van der Waals surface area contributed by atoms with Crippen molar-refractivity contribution in [1.29, 1.82) is 0 Å². The zero-order valence-corrected chi connectivity index (χ0v) is 43.4. The number of aliphatic hydroxyl groups excluding tert-OH is 2. The van der Waals surface area contributed by atoms with Gasteiger partial charge in [-0.1, -0.05) is 114 Å². The molecule has 0 bridgehead atoms. The summed E-state index contributed by atoms with van der Waals surface area (Å²) in [6, 6.07) is 0. The number of alkyl halides is 4. The number of Topliss-reactive ketones (excluding diaryl/α,β-unsaturated/α-hetero) is 1. The number of aliphatic hydroxyl groups is 2. The van der Waals surface area contributed by atoms with E-state index in [4.69, 9.17) is 5.11 Å². The molecule has 3 radical (unpaired) electrons. The van der Waals surface area contributed by atoms with Crippen LogP contribution in [0.2, 0.25) is 0 Å². The monoisotopic (exact) mass is 921 g/mol. The molecule has 0 aromatic heterocycles. The van der Waals surface area contributed by atoms with E-state index in [0.29, 0.717) is 85.9 Å². The number of carbonyl (C=O) groups is 3. The van der Waals surface area contributed by atoms with Gasteiger partial charge in [-0.3, -0.25) is 14.4 Å². The molecule has 63 heavy (non-hydrogen) atoms. The Labute approximate surface area is 410 Å². The van der Waals surface area contributed by atoms with E-state index in [0.717, 1.165) is 84.2 Å². The van der Waals surface area contributed by atoms with Crippen LogP contribution in [-0.2, 0) is 23.9 Å². The first-order valence-electron chi connectivity index (χ1n) is 23.8. The SMILES string of the molecule is C.CC[C@H](C)CC(F)(F)C(=O)CC[C@@H]1[C@@H](CCCCCCC(=O)OC)[C@@H](C)C[C@H]1C.CC[C@H](C)CC(F)(F)C(O)CC[C@@H]1[C@@H](CCCCCCC(=O)OC)[C@@H](C)C[C@H]1C.CO.[2HH].[B].[H-].[Na+]. The third-order valence-corrected chi connectivity index (χ3v) is 14.3. The zero-order valence-electron chi connectivity index (χ0n) is 42.4. The fourth-order valence-corrected chi connectivity index (χ4v) is 10.2. The van der Waals surface area contributed by atoms with E-state index in [1.807, 2.05) is 20.8 Å². The van der Waals surface area contributed by atoms with Crippen molar-refractivity contribution in [2.75, 3.05) is 21.3 Å². The van der Waals surface area contributed by atoms with Crippen molar-refractivity contribution in [3.63, 3.8) is 0 Å². The minimum Gasteiger partial charge on any atom is -1.00 e. The van der Waals surface area contributed by atoms with E-state index < -0.39 is 23.7 Å². The summed E-state index contributed by atoms with van der Waals surface area (Å²) in [6.45, 7) is 16.4. The minimum absolute atomic E-state index is 0. The van der Waals surface area contributed by atoms with Crippen molar-refractivity contribution >= 4 is 26.1 Å². The number of ether oxygens (including phenoxy) is 2. The maximum Gasteiger partial charge on any atom is 1.00 e. The number of rotatable bonds is 28. The summed E-state index contributed by atoms with van der Waals surface area (Å²) in [7, 11) is 3.83. The summed E-state index contributed by atoms with van der Waals surface area (Å²) in [4.78, 5) is 34.5. The quantitative estimate of drug-likeness (QED) is 0.0348. The van der Waals surface area contributed by atoms with Crippen LogP contribution in [0.4, 0.5) is 17.6 Å². The molecule has 2 fully saturated rings. The van der Waals surface area contributed by atoms with Gasteiger partial charge in [0.15, 0.2) is 0 Å². The Morgan fingerprint density at radius 2 is 0.984 bits per heavy atom. The van der Waals surface area contributed by atoms with Gasteiger partial charge in [0.2, 0.25) is 5.78 Å². The molecule has 7 nitrogen and oxygen atoms in total. The van der Waals surface area contributed by atoms with Crippen LogP contribution in [0.3, 0.4) is 0 Å². The first-order chi connectivity index (χ1) is 28.2. The third kappa shape index (κ3) is 27.0. The number of methoxy groups -OCH3 is 2. The molecule has 2 N–H and O–H groups in total. The van der Waals surface area contributed by atoms with E-state index in [2.05, 4.69) is 37.2 Å². The summed E-state index contributed by atoms with van der Waals surface area (Å²) in [5.41, 5.74) is 0. The van der Waals surface area contributed by atoms with Gasteiger partial charge in [-0.05, 0) is 117 Å². The van der Waals surface area contributed by atoms with Crippen LogP contribution < -0.4 is 29.6 Å². The largest absolute Gasteiger partial charge is 1.00 e. The molecule has 1 unspecified atom stereocenters. The molecule has 2 saturated carbocycles. The van der Waals surface area contributed by atoms with E-state index in [1.54, 1.807) is 6.92 Å². The van der Waals surface area contributed by atoms with Crippen LogP contribution >= 0.6 is 0 Å². The summed E-state index contributed by atoms with van der Waals surface area (Å²) in [6.07, 6.45) is 14.3. The Hall–Kier alpha value is -0.685. The molecule has 0 aromatic carbocycles. The van der Waals surface area contributed by atoms with Crippen LogP contribution in [0, 0.1) is 59.2 Å². The van der Waals surface area contributed by atoms with Crippen molar-refractivity contribution in [1.82, 2.24) is 0 Å². The molecule has 0 spiro atoms. The van der Waals surface area contributed by atoms with Crippen LogP contribution in [0.5, 0.6) is 0 Å². The fraction of sp³-hybridized carbons (Fsp3) is 0.940. The van der Waals surface area contributed by atoms with Gasteiger partial charge in [0, 0.05) is 49.1 Å². The number of halogens is 4. The van der Waals surface area contributed by atoms with E-state index in [-0.39, 0.29) is 97.7 Å². The number of hydrogen-bond donors (Lipinski definition) is 2. The number of carbonyl (C=O) groups excluding carboxylic acids is 3. The van der Waals surface area contributed by atoms with Crippen LogP contribution in [0.25, 0.3) is 0 Å². The average molecular weight is 921 g/mol. The summed E-state index contributed by atoms with van der Waals surface area (Å²) < 4.78 is 66.4. The molecule has 2 aliphatic rings. The smallest absolute Gasteiger partial charge is 1.00 e. The normalized spacial score (nSPS) is 24.4. The van der Waals surface area contributed by atoms with Gasteiger partial charge in [-0.2, -0.15) is 8.78 Å². The second-order valence-corrected chi connectivity index (χ2v) is 19.0. The molecule has 0 aromatic rings. The molecular formula is C50H97BF4NaO7. The first-order valence-corrected chi connectivity index (χ1v) is 23.8. The first kappa shape index (κ1) is 68.9. The maximum absolute atomic E-state index is 14.3. The van der Waals surface area contributed by atoms with E-state index in [9.17, 15) is 37.1 Å². The van der Waals surface area contributed by atoms with Crippen molar-refractivity contribution in [3.8, 4) is 0 Å². The molecule has 0 heterocycles. The Bertz CT molecular complexity index is 1180. The Balaban J connectivity index is -0.000000240. The molecule has 0 saturated heterocycles. The second-order valence-electron chi connectivity index (χ2n) is 19.0. The predicted molar refractivity (Wildman–Crippen MR) is 251 cm³/mol. The molecule has 2 rings (SSSR count). The van der Waals surface area contributed by atoms with Gasteiger partial charge in [0.25, 0.3) is 5.92 Å². The van der Waals surface area contributed by atoms with Crippen molar-refractivity contribution in [2.45, 2.75) is 222 Å². The maximum atomic E-state index is 14.3. The molecule has 371 valence electrons. The predicted octanol–water partition coefficient (Wildman–Crippen LogP) is 10.7. The Morgan fingerprint density at radius 1 is 0.635 bits per heavy atom. The van der Waals surface area contributed by atoms with Gasteiger partial charge in [-0.15, -0.1) is 0 Å². The summed E-state index contributed by atoms with van der Waals surface area (Å²) >= 11 is 0. The van der Waals surface area contributed by atoms with Crippen LogP contribution in [0.1, 0.15) is 207 Å². The number of ketones is 1. The summed E-state index contributed by atoms with van der Waals surface area (Å²) in [5.74, 6) is -3.46. The zero-order chi connectivity index (χ0) is 46.1. The Kier molecular flexibility index (Phi) is 40.8. The second kappa shape index (κ2) is 37.3. The molecule has 0 amide bonds. The van der Waals surface area contributed by atoms with Crippen molar-refractivity contribution < 1.29 is 84.0 Å². The topological polar surface area (TPSA) is 110 Å². The Morgan fingerprint density at radius 3 is 1.37 bits per heavy atom. The van der Waals surface area contributed by atoms with Gasteiger partial charge >= 0.3 is 47.4 Å². The van der Waals surface area contributed by atoms with Crippen LogP contribution in [-0.4, -0.2) is 75.6 Å². The van der Waals surface area contributed by atoms with Gasteiger partial charge in [0.1, 0.15) is 6.10 Å². The average Bonchev–Trinajstić information content (AvgIpc) is 3.64. The number of esters is 2. The van der Waals surface area contributed by atoms with Crippen LogP contribution in [0.15, 0.2) is 0 Å². The standard InChI is InChI=1S/C24H44F2O3.C24H42F2O3.CH4O.CH4.B.Na.H2.H/c2*1-6-17(2)16-24(25,26)22(27)14-13-21-19(4)15-18(3)20(21)11-9-7-8-10-12-23(28)29-5;1-2;;;;;/h17-22,27H,6-16H2,1-5H3;17-21H,6-16H2,1-5H3;2H,1H3;1H4;;;1H;/q;;;;;+1;;-1/t17-,18-,19+,20-,21-,22?;17-,18-,19+,20-,21-;;;;;;/m00....../s1/i;;;;;;1+1;. The summed E-state index contributed by atoms with van der Waals surface area (Å²) in [5, 5.41) is 17.2. The van der Waals surface area contributed by atoms with Crippen molar-refractivity contribution in [2.24, 2.45) is 59.2 Å². The third-order valence-electron chi connectivity index (χ3n) is 14.3. The number of hydrogen-bond acceptors (Lipinski definition) is 7. The molecular weight excluding hydrogens is 822 g/mol.